The summed E-state index contributed by atoms with van der Waals surface area (Å²) in [4.78, 5) is 33.2. The molecule has 31 heavy (non-hydrogen) atoms. The maximum atomic E-state index is 12.8. The van der Waals surface area contributed by atoms with Crippen LogP contribution in [-0.2, 0) is 4.79 Å². The molecule has 1 aliphatic rings. The fraction of sp³-hybridized carbons (Fsp3) is 0.174. The number of aryl methyl sites for hydroxylation is 1. The number of hydrogen-bond donors (Lipinski definition) is 3. The molecule has 3 aromatic heterocycles. The lowest BCUT2D eigenvalue weighted by Gasteiger charge is -2.07. The number of H-pyrrole nitrogens is 1. The van der Waals surface area contributed by atoms with Gasteiger partial charge in [-0.1, -0.05) is 6.07 Å². The second-order valence-electron chi connectivity index (χ2n) is 7.76. The van der Waals surface area contributed by atoms with Crippen LogP contribution in [0.3, 0.4) is 0 Å². The van der Waals surface area contributed by atoms with Crippen LogP contribution in [0.1, 0.15) is 28.9 Å². The Bertz CT molecular complexity index is 1310. The van der Waals surface area contributed by atoms with E-state index >= 15 is 0 Å². The van der Waals surface area contributed by atoms with E-state index in [-0.39, 0.29) is 17.7 Å². The number of nitrogens with one attached hydrogen (secondary N) is 3. The standard InChI is InChI=1S/C23H20N6O2/c1-13-6-17(11-24-9-13)27-23(31)21-19-8-15(4-5-20(19)28-29-21)16-7-18(12-25-10-16)26-22(30)14-2-3-14/h4-12,14H,2-3H2,1H3,(H,26,30)(H,27,31)(H,28,29). The maximum absolute atomic E-state index is 12.8. The molecule has 0 bridgehead atoms. The molecule has 0 spiro atoms. The fourth-order valence-electron chi connectivity index (χ4n) is 3.44. The fourth-order valence-corrected chi connectivity index (χ4v) is 3.44. The number of amides is 2. The number of aromatic nitrogens is 4. The van der Waals surface area contributed by atoms with Crippen LogP contribution >= 0.6 is 0 Å². The molecule has 154 valence electrons. The smallest absolute Gasteiger partial charge is 0.276 e. The number of nitrogens with zero attached hydrogens (tertiary/aromatic N) is 3. The molecule has 1 aromatic carbocycles. The van der Waals surface area contributed by atoms with Gasteiger partial charge in [-0.3, -0.25) is 24.7 Å². The Morgan fingerprint density at radius 3 is 2.48 bits per heavy atom. The van der Waals surface area contributed by atoms with Gasteiger partial charge in [0, 0.05) is 29.3 Å². The highest BCUT2D eigenvalue weighted by Crippen LogP contribution is 2.31. The van der Waals surface area contributed by atoms with Gasteiger partial charge in [-0.05, 0) is 55.2 Å². The van der Waals surface area contributed by atoms with Crippen molar-refractivity contribution in [2.75, 3.05) is 10.6 Å². The van der Waals surface area contributed by atoms with E-state index in [0.717, 1.165) is 35.0 Å². The highest BCUT2D eigenvalue weighted by Gasteiger charge is 2.29. The number of benzene rings is 1. The molecule has 8 nitrogen and oxygen atoms in total. The third-order valence-corrected chi connectivity index (χ3v) is 5.20. The van der Waals surface area contributed by atoms with E-state index < -0.39 is 0 Å². The maximum Gasteiger partial charge on any atom is 0.276 e. The molecule has 1 fully saturated rings. The molecule has 8 heteroatoms. The summed E-state index contributed by atoms with van der Waals surface area (Å²) in [6.07, 6.45) is 8.57. The number of anilines is 2. The van der Waals surface area contributed by atoms with E-state index in [1.807, 2.05) is 37.3 Å². The average Bonchev–Trinajstić information content (AvgIpc) is 3.53. The van der Waals surface area contributed by atoms with Gasteiger partial charge in [-0.15, -0.1) is 0 Å². The molecule has 0 saturated heterocycles. The van der Waals surface area contributed by atoms with Crippen molar-refractivity contribution in [3.63, 3.8) is 0 Å². The molecule has 0 radical (unpaired) electrons. The Labute approximate surface area is 178 Å². The van der Waals surface area contributed by atoms with Crippen LogP contribution in [0.25, 0.3) is 22.0 Å². The van der Waals surface area contributed by atoms with Crippen LogP contribution in [0, 0.1) is 12.8 Å². The van der Waals surface area contributed by atoms with Gasteiger partial charge in [0.2, 0.25) is 5.91 Å². The highest BCUT2D eigenvalue weighted by molar-refractivity contribution is 6.11. The predicted molar refractivity (Wildman–Crippen MR) is 118 cm³/mol. The third-order valence-electron chi connectivity index (χ3n) is 5.20. The monoisotopic (exact) mass is 412 g/mol. The largest absolute Gasteiger partial charge is 0.324 e. The zero-order chi connectivity index (χ0) is 21.4. The highest BCUT2D eigenvalue weighted by atomic mass is 16.2. The summed E-state index contributed by atoms with van der Waals surface area (Å²) in [6, 6.07) is 9.42. The Balaban J connectivity index is 1.43. The van der Waals surface area contributed by atoms with E-state index in [4.69, 9.17) is 0 Å². The van der Waals surface area contributed by atoms with Gasteiger partial charge in [0.05, 0.1) is 29.3 Å². The zero-order valence-electron chi connectivity index (χ0n) is 16.8. The summed E-state index contributed by atoms with van der Waals surface area (Å²) in [5, 5.41) is 13.6. The topological polar surface area (TPSA) is 113 Å². The Hall–Kier alpha value is -4.07. The lowest BCUT2D eigenvalue weighted by Crippen LogP contribution is -2.13. The average molecular weight is 412 g/mol. The predicted octanol–water partition coefficient (Wildman–Crippen LogP) is 3.93. The first kappa shape index (κ1) is 18.9. The van der Waals surface area contributed by atoms with Crippen molar-refractivity contribution in [2.45, 2.75) is 19.8 Å². The molecule has 1 aliphatic carbocycles. The number of aromatic amines is 1. The molecular formula is C23H20N6O2. The van der Waals surface area contributed by atoms with Gasteiger partial charge >= 0.3 is 0 Å². The van der Waals surface area contributed by atoms with Crippen LogP contribution < -0.4 is 10.6 Å². The normalized spacial score (nSPS) is 13.2. The molecule has 4 aromatic rings. The number of rotatable bonds is 5. The van der Waals surface area contributed by atoms with Crippen LogP contribution in [0.4, 0.5) is 11.4 Å². The van der Waals surface area contributed by atoms with Crippen LogP contribution in [0.15, 0.2) is 55.1 Å². The third kappa shape index (κ3) is 4.00. The van der Waals surface area contributed by atoms with E-state index in [0.29, 0.717) is 22.5 Å². The Kier molecular flexibility index (Phi) is 4.66. The molecule has 5 rings (SSSR count). The molecule has 3 N–H and O–H groups in total. The number of fused-ring (bicyclic) bond motifs is 1. The summed E-state index contributed by atoms with van der Waals surface area (Å²) < 4.78 is 0. The van der Waals surface area contributed by atoms with Crippen LogP contribution in [-0.4, -0.2) is 32.0 Å². The number of pyridine rings is 2. The van der Waals surface area contributed by atoms with Crippen molar-refractivity contribution in [3.8, 4) is 11.1 Å². The minimum Gasteiger partial charge on any atom is -0.324 e. The van der Waals surface area contributed by atoms with Crippen molar-refractivity contribution < 1.29 is 9.59 Å². The summed E-state index contributed by atoms with van der Waals surface area (Å²) >= 11 is 0. The van der Waals surface area contributed by atoms with Crippen molar-refractivity contribution in [3.05, 3.63) is 66.4 Å². The van der Waals surface area contributed by atoms with Gasteiger partial charge in [0.25, 0.3) is 5.91 Å². The SMILES string of the molecule is Cc1cncc(NC(=O)c2n[nH]c3ccc(-c4cncc(NC(=O)C5CC5)c4)cc23)c1. The van der Waals surface area contributed by atoms with Gasteiger partial charge in [-0.25, -0.2) is 0 Å². The molecule has 0 atom stereocenters. The van der Waals surface area contributed by atoms with Crippen LogP contribution in [0.5, 0.6) is 0 Å². The molecule has 0 unspecified atom stereocenters. The summed E-state index contributed by atoms with van der Waals surface area (Å²) in [6.45, 7) is 1.91. The van der Waals surface area contributed by atoms with Crippen molar-refractivity contribution in [1.82, 2.24) is 20.2 Å². The molecule has 1 saturated carbocycles. The zero-order valence-corrected chi connectivity index (χ0v) is 16.8. The summed E-state index contributed by atoms with van der Waals surface area (Å²) in [5.74, 6) is -0.163. The summed E-state index contributed by atoms with van der Waals surface area (Å²) in [7, 11) is 0. The quantitative estimate of drug-likeness (QED) is 0.460. The van der Waals surface area contributed by atoms with E-state index in [1.54, 1.807) is 24.8 Å². The number of hydrogen-bond acceptors (Lipinski definition) is 5. The lowest BCUT2D eigenvalue weighted by molar-refractivity contribution is -0.117. The first-order chi connectivity index (χ1) is 15.1. The second kappa shape index (κ2) is 7.64. The van der Waals surface area contributed by atoms with E-state index in [2.05, 4.69) is 30.8 Å². The Morgan fingerprint density at radius 2 is 1.71 bits per heavy atom. The minimum absolute atomic E-state index is 0.0360. The molecule has 2 amide bonds. The second-order valence-corrected chi connectivity index (χ2v) is 7.76. The van der Waals surface area contributed by atoms with Crippen molar-refractivity contribution >= 4 is 34.1 Å². The van der Waals surface area contributed by atoms with Gasteiger partial charge in [0.1, 0.15) is 0 Å². The first-order valence-electron chi connectivity index (χ1n) is 10.0. The van der Waals surface area contributed by atoms with Crippen molar-refractivity contribution in [1.29, 1.82) is 0 Å². The van der Waals surface area contributed by atoms with Gasteiger partial charge in [0.15, 0.2) is 5.69 Å². The van der Waals surface area contributed by atoms with Gasteiger partial charge < -0.3 is 10.6 Å². The molecular weight excluding hydrogens is 392 g/mol. The minimum atomic E-state index is -0.320. The van der Waals surface area contributed by atoms with Gasteiger partial charge in [-0.2, -0.15) is 5.10 Å². The Morgan fingerprint density at radius 1 is 0.935 bits per heavy atom. The van der Waals surface area contributed by atoms with Crippen molar-refractivity contribution in [2.24, 2.45) is 5.92 Å². The van der Waals surface area contributed by atoms with Crippen LogP contribution in [0.2, 0.25) is 0 Å². The number of carbonyl (C=O) groups is 2. The molecule has 3 heterocycles. The number of carbonyl (C=O) groups excluding carboxylic acids is 2. The first-order valence-corrected chi connectivity index (χ1v) is 10.0. The van der Waals surface area contributed by atoms with E-state index in [9.17, 15) is 9.59 Å². The lowest BCUT2D eigenvalue weighted by atomic mass is 10.0. The molecule has 0 aliphatic heterocycles. The summed E-state index contributed by atoms with van der Waals surface area (Å²) in [5.41, 5.74) is 4.98. The van der Waals surface area contributed by atoms with E-state index in [1.165, 1.54) is 0 Å².